The zero-order valence-corrected chi connectivity index (χ0v) is 11.9. The third-order valence-corrected chi connectivity index (χ3v) is 2.62. The summed E-state index contributed by atoms with van der Waals surface area (Å²) in [6.07, 6.45) is 0.288. The zero-order chi connectivity index (χ0) is 13.2. The molecule has 104 valence electrons. The first-order chi connectivity index (χ1) is 8.46. The largest absolute Gasteiger partial charge is 0.354 e. The van der Waals surface area contributed by atoms with E-state index in [1.54, 1.807) is 0 Å². The topological polar surface area (TPSA) is 83.8 Å². The molecule has 0 aliphatic rings. The van der Waals surface area contributed by atoms with Crippen LogP contribution in [0.5, 0.6) is 0 Å². The SMILES string of the molecule is CC(C)(N)CNC(=O)Cc1[nH]nc2ccccc12.Cl. The number of nitrogens with two attached hydrogens (primary N) is 1. The molecule has 1 aromatic heterocycles. The van der Waals surface area contributed by atoms with Gasteiger partial charge in [-0.05, 0) is 19.9 Å². The van der Waals surface area contributed by atoms with E-state index in [9.17, 15) is 4.79 Å². The average Bonchev–Trinajstić information content (AvgIpc) is 2.70. The predicted octanol–water partition coefficient (Wildman–Crippen LogP) is 1.38. The van der Waals surface area contributed by atoms with Gasteiger partial charge in [0.1, 0.15) is 0 Å². The Morgan fingerprint density at radius 3 is 2.79 bits per heavy atom. The number of amides is 1. The lowest BCUT2D eigenvalue weighted by Gasteiger charge is -2.18. The first kappa shape index (κ1) is 15.5. The standard InChI is InChI=1S/C13H18N4O.ClH/c1-13(2,14)8-15-12(18)7-11-9-5-3-4-6-10(9)16-17-11;/h3-6H,7-8,14H2,1-2H3,(H,15,18)(H,16,17);1H. The second-order valence-electron chi connectivity index (χ2n) is 5.16. The van der Waals surface area contributed by atoms with E-state index in [1.165, 1.54) is 0 Å². The van der Waals surface area contributed by atoms with Gasteiger partial charge in [0, 0.05) is 17.5 Å². The Hall–Kier alpha value is -1.59. The molecule has 2 aromatic rings. The van der Waals surface area contributed by atoms with E-state index in [2.05, 4.69) is 15.5 Å². The van der Waals surface area contributed by atoms with Crippen molar-refractivity contribution in [1.82, 2.24) is 15.5 Å². The van der Waals surface area contributed by atoms with Crippen LogP contribution in [-0.4, -0.2) is 28.2 Å². The Morgan fingerprint density at radius 1 is 1.42 bits per heavy atom. The molecule has 0 atom stereocenters. The van der Waals surface area contributed by atoms with E-state index in [0.717, 1.165) is 16.6 Å². The summed E-state index contributed by atoms with van der Waals surface area (Å²) < 4.78 is 0. The van der Waals surface area contributed by atoms with Gasteiger partial charge in [0.05, 0.1) is 17.6 Å². The Bertz CT molecular complexity index is 559. The van der Waals surface area contributed by atoms with Crippen LogP contribution >= 0.6 is 12.4 Å². The highest BCUT2D eigenvalue weighted by molar-refractivity contribution is 5.87. The van der Waals surface area contributed by atoms with E-state index in [-0.39, 0.29) is 24.7 Å². The second kappa shape index (κ2) is 6.04. The summed E-state index contributed by atoms with van der Waals surface area (Å²) in [5.74, 6) is -0.0528. The van der Waals surface area contributed by atoms with Gasteiger partial charge in [-0.2, -0.15) is 5.10 Å². The maximum Gasteiger partial charge on any atom is 0.226 e. The van der Waals surface area contributed by atoms with Crippen molar-refractivity contribution in [2.45, 2.75) is 25.8 Å². The summed E-state index contributed by atoms with van der Waals surface area (Å²) in [5.41, 5.74) is 7.12. The number of nitrogens with one attached hydrogen (secondary N) is 2. The smallest absolute Gasteiger partial charge is 0.226 e. The highest BCUT2D eigenvalue weighted by Crippen LogP contribution is 2.15. The van der Waals surface area contributed by atoms with Gasteiger partial charge in [0.2, 0.25) is 5.91 Å². The van der Waals surface area contributed by atoms with Crippen LogP contribution in [0.25, 0.3) is 10.9 Å². The molecule has 0 aliphatic carbocycles. The molecule has 0 spiro atoms. The molecule has 0 bridgehead atoms. The normalized spacial score (nSPS) is 11.1. The number of benzene rings is 1. The number of para-hydroxylation sites is 1. The molecule has 6 heteroatoms. The molecule has 19 heavy (non-hydrogen) atoms. The number of aromatic nitrogens is 2. The number of rotatable bonds is 4. The molecule has 0 unspecified atom stereocenters. The van der Waals surface area contributed by atoms with Gasteiger partial charge in [0.15, 0.2) is 0 Å². The van der Waals surface area contributed by atoms with E-state index in [0.29, 0.717) is 6.54 Å². The van der Waals surface area contributed by atoms with Crippen LogP contribution in [0.1, 0.15) is 19.5 Å². The first-order valence-electron chi connectivity index (χ1n) is 5.93. The van der Waals surface area contributed by atoms with Crippen molar-refractivity contribution in [1.29, 1.82) is 0 Å². The number of carbonyl (C=O) groups is 1. The summed E-state index contributed by atoms with van der Waals surface area (Å²) in [7, 11) is 0. The lowest BCUT2D eigenvalue weighted by atomic mass is 10.1. The molecule has 1 amide bonds. The molecule has 4 N–H and O–H groups in total. The molecule has 0 aliphatic heterocycles. The fourth-order valence-corrected chi connectivity index (χ4v) is 1.70. The van der Waals surface area contributed by atoms with Crippen LogP contribution in [-0.2, 0) is 11.2 Å². The number of hydrogen-bond acceptors (Lipinski definition) is 3. The van der Waals surface area contributed by atoms with Gasteiger partial charge < -0.3 is 11.1 Å². The van der Waals surface area contributed by atoms with Crippen LogP contribution in [0.3, 0.4) is 0 Å². The molecule has 2 rings (SSSR count). The average molecular weight is 283 g/mol. The van der Waals surface area contributed by atoms with Crippen molar-refractivity contribution in [3.8, 4) is 0 Å². The molecule has 0 saturated heterocycles. The van der Waals surface area contributed by atoms with E-state index in [1.807, 2.05) is 38.1 Å². The van der Waals surface area contributed by atoms with E-state index < -0.39 is 5.54 Å². The highest BCUT2D eigenvalue weighted by Gasteiger charge is 2.14. The number of fused-ring (bicyclic) bond motifs is 1. The number of H-pyrrole nitrogens is 1. The summed E-state index contributed by atoms with van der Waals surface area (Å²) in [6.45, 7) is 4.20. The first-order valence-corrected chi connectivity index (χ1v) is 5.93. The van der Waals surface area contributed by atoms with Crippen LogP contribution in [0.2, 0.25) is 0 Å². The van der Waals surface area contributed by atoms with Crippen LogP contribution in [0.4, 0.5) is 0 Å². The fraction of sp³-hybridized carbons (Fsp3) is 0.385. The van der Waals surface area contributed by atoms with Gasteiger partial charge in [-0.25, -0.2) is 0 Å². The third kappa shape index (κ3) is 4.22. The van der Waals surface area contributed by atoms with Crippen molar-refractivity contribution in [3.63, 3.8) is 0 Å². The Labute approximate surface area is 118 Å². The molecule has 5 nitrogen and oxygen atoms in total. The van der Waals surface area contributed by atoms with Crippen LogP contribution in [0, 0.1) is 0 Å². The van der Waals surface area contributed by atoms with Crippen LogP contribution < -0.4 is 11.1 Å². The number of carbonyl (C=O) groups excluding carboxylic acids is 1. The van der Waals surface area contributed by atoms with Crippen molar-refractivity contribution >= 4 is 29.2 Å². The predicted molar refractivity (Wildman–Crippen MR) is 78.3 cm³/mol. The van der Waals surface area contributed by atoms with Gasteiger partial charge in [-0.1, -0.05) is 18.2 Å². The number of nitrogens with zero attached hydrogens (tertiary/aromatic N) is 1. The van der Waals surface area contributed by atoms with Gasteiger partial charge in [-0.3, -0.25) is 9.89 Å². The molecule has 0 fully saturated rings. The Morgan fingerprint density at radius 2 is 2.11 bits per heavy atom. The van der Waals surface area contributed by atoms with Crippen molar-refractivity contribution in [3.05, 3.63) is 30.0 Å². The van der Waals surface area contributed by atoms with Crippen molar-refractivity contribution in [2.24, 2.45) is 5.73 Å². The second-order valence-corrected chi connectivity index (χ2v) is 5.16. The van der Waals surface area contributed by atoms with Gasteiger partial charge in [-0.15, -0.1) is 12.4 Å². The Balaban J connectivity index is 0.00000180. The minimum Gasteiger partial charge on any atom is -0.354 e. The number of aromatic amines is 1. The monoisotopic (exact) mass is 282 g/mol. The third-order valence-electron chi connectivity index (χ3n) is 2.62. The minimum absolute atomic E-state index is 0. The maximum atomic E-state index is 11.8. The summed E-state index contributed by atoms with van der Waals surface area (Å²) >= 11 is 0. The van der Waals surface area contributed by atoms with Crippen molar-refractivity contribution < 1.29 is 4.79 Å². The molecule has 0 saturated carbocycles. The maximum absolute atomic E-state index is 11.8. The summed E-state index contributed by atoms with van der Waals surface area (Å²) in [5, 5.41) is 10.9. The quantitative estimate of drug-likeness (QED) is 0.792. The highest BCUT2D eigenvalue weighted by atomic mass is 35.5. The molecule has 0 radical (unpaired) electrons. The molecular weight excluding hydrogens is 264 g/mol. The molecule has 1 aromatic carbocycles. The summed E-state index contributed by atoms with van der Waals surface area (Å²) in [6, 6.07) is 7.72. The van der Waals surface area contributed by atoms with E-state index in [4.69, 9.17) is 5.73 Å². The zero-order valence-electron chi connectivity index (χ0n) is 11.1. The summed E-state index contributed by atoms with van der Waals surface area (Å²) in [4.78, 5) is 11.8. The van der Waals surface area contributed by atoms with Crippen LogP contribution in [0.15, 0.2) is 24.3 Å². The lowest BCUT2D eigenvalue weighted by Crippen LogP contribution is -2.45. The number of halogens is 1. The van der Waals surface area contributed by atoms with Gasteiger partial charge in [0.25, 0.3) is 0 Å². The lowest BCUT2D eigenvalue weighted by molar-refractivity contribution is -0.120. The van der Waals surface area contributed by atoms with Gasteiger partial charge >= 0.3 is 0 Å². The number of hydrogen-bond donors (Lipinski definition) is 3. The van der Waals surface area contributed by atoms with Crippen molar-refractivity contribution in [2.75, 3.05) is 6.54 Å². The fourth-order valence-electron chi connectivity index (χ4n) is 1.70. The molecular formula is C13H19ClN4O. The van der Waals surface area contributed by atoms with E-state index >= 15 is 0 Å². The molecule has 1 heterocycles. The minimum atomic E-state index is -0.397. The Kier molecular flexibility index (Phi) is 4.91.